The first-order chi connectivity index (χ1) is 11.2. The van der Waals surface area contributed by atoms with E-state index in [1.54, 1.807) is 18.2 Å². The van der Waals surface area contributed by atoms with E-state index in [1.165, 1.54) is 12.1 Å². The van der Waals surface area contributed by atoms with E-state index in [1.807, 2.05) is 23.1 Å². The molecule has 0 radical (unpaired) electrons. The summed E-state index contributed by atoms with van der Waals surface area (Å²) in [5.41, 5.74) is 1.59. The first-order valence-electron chi connectivity index (χ1n) is 7.74. The maximum absolute atomic E-state index is 12.9. The number of nitrogens with one attached hydrogen (secondary N) is 1. The van der Waals surface area contributed by atoms with Crippen LogP contribution in [0.25, 0.3) is 0 Å². The number of hydrogen-bond acceptors (Lipinski definition) is 2. The maximum Gasteiger partial charge on any atom is 0.321 e. The smallest absolute Gasteiger partial charge is 0.321 e. The maximum atomic E-state index is 12.9. The Morgan fingerprint density at radius 3 is 2.61 bits per heavy atom. The molecule has 0 bridgehead atoms. The molecule has 3 rings (SSSR count). The molecule has 1 aliphatic rings. The molecule has 2 amide bonds. The van der Waals surface area contributed by atoms with Crippen molar-refractivity contribution in [2.75, 3.05) is 18.4 Å². The van der Waals surface area contributed by atoms with Crippen molar-refractivity contribution in [1.29, 1.82) is 0 Å². The molecule has 2 aromatic rings. The fourth-order valence-corrected chi connectivity index (χ4v) is 2.53. The second kappa shape index (κ2) is 7.13. The van der Waals surface area contributed by atoms with Gasteiger partial charge in [-0.2, -0.15) is 0 Å². The van der Waals surface area contributed by atoms with Crippen LogP contribution in [-0.4, -0.2) is 24.0 Å². The normalized spacial score (nSPS) is 13.9. The summed E-state index contributed by atoms with van der Waals surface area (Å²) in [5, 5.41) is 2.89. The van der Waals surface area contributed by atoms with Crippen LogP contribution in [0.4, 0.5) is 14.9 Å². The van der Waals surface area contributed by atoms with Crippen LogP contribution < -0.4 is 10.1 Å². The van der Waals surface area contributed by atoms with Gasteiger partial charge < -0.3 is 15.0 Å². The third kappa shape index (κ3) is 4.22. The minimum Gasteiger partial charge on any atom is -0.489 e. The molecule has 1 saturated heterocycles. The fourth-order valence-electron chi connectivity index (χ4n) is 2.53. The van der Waals surface area contributed by atoms with Crippen LogP contribution in [0.1, 0.15) is 18.4 Å². The molecule has 120 valence electrons. The number of amides is 2. The van der Waals surface area contributed by atoms with Crippen molar-refractivity contribution in [3.05, 3.63) is 59.9 Å². The lowest BCUT2D eigenvalue weighted by molar-refractivity contribution is 0.222. The SMILES string of the molecule is O=C(Nc1cccc(OCc2ccc(F)cc2)c1)N1CCCC1. The highest BCUT2D eigenvalue weighted by atomic mass is 19.1. The quantitative estimate of drug-likeness (QED) is 0.925. The van der Waals surface area contributed by atoms with E-state index < -0.39 is 0 Å². The Morgan fingerprint density at radius 1 is 1.13 bits per heavy atom. The standard InChI is InChI=1S/C18H19FN2O2/c19-15-8-6-14(7-9-15)13-23-17-5-3-4-16(12-17)20-18(22)21-10-1-2-11-21/h3-9,12H,1-2,10-11,13H2,(H,20,22). The Kier molecular flexibility index (Phi) is 4.76. The molecule has 1 fully saturated rings. The number of likely N-dealkylation sites (tertiary alicyclic amines) is 1. The Hall–Kier alpha value is -2.56. The zero-order valence-electron chi connectivity index (χ0n) is 12.8. The van der Waals surface area contributed by atoms with Gasteiger partial charge in [-0.25, -0.2) is 9.18 Å². The summed E-state index contributed by atoms with van der Waals surface area (Å²) in [6.45, 7) is 1.98. The number of anilines is 1. The Bertz CT molecular complexity index is 667. The molecule has 0 atom stereocenters. The van der Waals surface area contributed by atoms with Gasteiger partial charge in [-0.15, -0.1) is 0 Å². The van der Waals surface area contributed by atoms with Gasteiger partial charge >= 0.3 is 6.03 Å². The molecule has 0 aromatic heterocycles. The fraction of sp³-hybridized carbons (Fsp3) is 0.278. The minimum atomic E-state index is -0.264. The average molecular weight is 314 g/mol. The van der Waals surface area contributed by atoms with Crippen molar-refractivity contribution < 1.29 is 13.9 Å². The summed E-state index contributed by atoms with van der Waals surface area (Å²) in [5.74, 6) is 0.397. The molecule has 0 spiro atoms. The zero-order chi connectivity index (χ0) is 16.1. The van der Waals surface area contributed by atoms with Crippen LogP contribution in [-0.2, 0) is 6.61 Å². The van der Waals surface area contributed by atoms with Gasteiger partial charge in [0.2, 0.25) is 0 Å². The molecular weight excluding hydrogens is 295 g/mol. The van der Waals surface area contributed by atoms with E-state index in [2.05, 4.69) is 5.32 Å². The summed E-state index contributed by atoms with van der Waals surface area (Å²) in [6.07, 6.45) is 2.13. The van der Waals surface area contributed by atoms with E-state index in [9.17, 15) is 9.18 Å². The predicted molar refractivity (Wildman–Crippen MR) is 87.0 cm³/mol. The number of hydrogen-bond donors (Lipinski definition) is 1. The van der Waals surface area contributed by atoms with Crippen molar-refractivity contribution in [3.63, 3.8) is 0 Å². The van der Waals surface area contributed by atoms with Gasteiger partial charge in [0.05, 0.1) is 0 Å². The largest absolute Gasteiger partial charge is 0.489 e. The number of rotatable bonds is 4. The number of carbonyl (C=O) groups is 1. The van der Waals surface area contributed by atoms with Crippen LogP contribution in [0.2, 0.25) is 0 Å². The van der Waals surface area contributed by atoms with Crippen LogP contribution in [0.5, 0.6) is 5.75 Å². The lowest BCUT2D eigenvalue weighted by Gasteiger charge is -2.16. The van der Waals surface area contributed by atoms with Gasteiger partial charge in [0.1, 0.15) is 18.2 Å². The molecule has 0 saturated carbocycles. The number of ether oxygens (including phenoxy) is 1. The summed E-state index contributed by atoms with van der Waals surface area (Å²) < 4.78 is 18.6. The van der Waals surface area contributed by atoms with Gasteiger partial charge in [0.15, 0.2) is 0 Å². The minimum absolute atomic E-state index is 0.0711. The van der Waals surface area contributed by atoms with E-state index in [0.29, 0.717) is 18.0 Å². The Labute approximate surface area is 134 Å². The van der Waals surface area contributed by atoms with Crippen molar-refractivity contribution >= 4 is 11.7 Å². The van der Waals surface area contributed by atoms with Gasteiger partial charge in [0.25, 0.3) is 0 Å². The lowest BCUT2D eigenvalue weighted by atomic mass is 10.2. The molecule has 1 heterocycles. The molecule has 0 aliphatic carbocycles. The molecule has 1 aliphatic heterocycles. The van der Waals surface area contributed by atoms with Gasteiger partial charge in [0, 0.05) is 24.8 Å². The van der Waals surface area contributed by atoms with E-state index in [-0.39, 0.29) is 11.8 Å². The number of urea groups is 1. The zero-order valence-corrected chi connectivity index (χ0v) is 12.8. The third-order valence-corrected chi connectivity index (χ3v) is 3.80. The summed E-state index contributed by atoms with van der Waals surface area (Å²) >= 11 is 0. The van der Waals surface area contributed by atoms with Crippen LogP contribution in [0, 0.1) is 5.82 Å². The van der Waals surface area contributed by atoms with Crippen molar-refractivity contribution in [1.82, 2.24) is 4.90 Å². The third-order valence-electron chi connectivity index (χ3n) is 3.80. The Balaban J connectivity index is 1.58. The van der Waals surface area contributed by atoms with Gasteiger partial charge in [-0.3, -0.25) is 0 Å². The second-order valence-electron chi connectivity index (χ2n) is 5.57. The highest BCUT2D eigenvalue weighted by Gasteiger charge is 2.17. The first-order valence-corrected chi connectivity index (χ1v) is 7.74. The van der Waals surface area contributed by atoms with E-state index in [0.717, 1.165) is 31.5 Å². The van der Waals surface area contributed by atoms with Crippen LogP contribution in [0.15, 0.2) is 48.5 Å². The van der Waals surface area contributed by atoms with Crippen LogP contribution >= 0.6 is 0 Å². The lowest BCUT2D eigenvalue weighted by Crippen LogP contribution is -2.32. The highest BCUT2D eigenvalue weighted by Crippen LogP contribution is 2.20. The monoisotopic (exact) mass is 314 g/mol. The molecular formula is C18H19FN2O2. The van der Waals surface area contributed by atoms with E-state index >= 15 is 0 Å². The van der Waals surface area contributed by atoms with Gasteiger partial charge in [-0.05, 0) is 42.7 Å². The average Bonchev–Trinajstić information content (AvgIpc) is 3.09. The van der Waals surface area contributed by atoms with E-state index in [4.69, 9.17) is 4.74 Å². The number of halogens is 1. The predicted octanol–water partition coefficient (Wildman–Crippen LogP) is 4.03. The molecule has 0 unspecified atom stereocenters. The Morgan fingerprint density at radius 2 is 1.87 bits per heavy atom. The molecule has 2 aromatic carbocycles. The van der Waals surface area contributed by atoms with Crippen LogP contribution in [0.3, 0.4) is 0 Å². The first kappa shape index (κ1) is 15.3. The van der Waals surface area contributed by atoms with Gasteiger partial charge in [-0.1, -0.05) is 18.2 Å². The molecule has 1 N–H and O–H groups in total. The molecule has 5 heteroatoms. The highest BCUT2D eigenvalue weighted by molar-refractivity contribution is 5.89. The van der Waals surface area contributed by atoms with Crippen molar-refractivity contribution in [3.8, 4) is 5.75 Å². The number of carbonyl (C=O) groups excluding carboxylic acids is 1. The van der Waals surface area contributed by atoms with Crippen molar-refractivity contribution in [2.24, 2.45) is 0 Å². The summed E-state index contributed by atoms with van der Waals surface area (Å²) in [7, 11) is 0. The van der Waals surface area contributed by atoms with Crippen molar-refractivity contribution in [2.45, 2.75) is 19.4 Å². The summed E-state index contributed by atoms with van der Waals surface area (Å²) in [6, 6.07) is 13.4. The number of benzene rings is 2. The molecule has 4 nitrogen and oxygen atoms in total. The molecule has 23 heavy (non-hydrogen) atoms. The number of nitrogens with zero attached hydrogens (tertiary/aromatic N) is 1. The summed E-state index contributed by atoms with van der Waals surface area (Å²) in [4.78, 5) is 13.9. The topological polar surface area (TPSA) is 41.6 Å². The second-order valence-corrected chi connectivity index (χ2v) is 5.57.